The third-order valence-corrected chi connectivity index (χ3v) is 4.24. The van der Waals surface area contributed by atoms with Crippen molar-refractivity contribution < 1.29 is 15.4 Å². The molecule has 0 saturated heterocycles. The number of halogens is 1. The number of furan rings is 1. The number of hydrogen-bond donors (Lipinski definition) is 0. The normalized spacial score (nSPS) is 16.2. The molecule has 1 heterocycles. The van der Waals surface area contributed by atoms with Gasteiger partial charge in [-0.15, -0.1) is 0 Å². The predicted octanol–water partition coefficient (Wildman–Crippen LogP) is 7.06. The van der Waals surface area contributed by atoms with Crippen LogP contribution in [0.4, 0.5) is 0 Å². The van der Waals surface area contributed by atoms with Gasteiger partial charge in [0, 0.05) is 16.2 Å². The molecule has 0 saturated carbocycles. The highest BCUT2D eigenvalue weighted by atomic mass is 35.5. The van der Waals surface area contributed by atoms with Crippen LogP contribution >= 0.6 is 11.6 Å². The fourth-order valence-electron chi connectivity index (χ4n) is 2.91. The number of rotatable bonds is 1. The van der Waals surface area contributed by atoms with Crippen LogP contribution < -0.4 is 0 Å². The third-order valence-electron chi connectivity index (χ3n) is 3.95. The molecular weight excluding hydrogens is 316 g/mol. The summed E-state index contributed by atoms with van der Waals surface area (Å²) in [7, 11) is 0. The summed E-state index contributed by atoms with van der Waals surface area (Å²) >= 11 is 6.39. The number of fused-ring (bicyclic) bond motifs is 5. The molecule has 1 nitrogen and oxygen atoms in total. The van der Waals surface area contributed by atoms with E-state index in [1.54, 1.807) is 30.3 Å². The van der Waals surface area contributed by atoms with Crippen molar-refractivity contribution in [3.63, 3.8) is 0 Å². The first-order chi connectivity index (χ1) is 15.2. The molecule has 0 unspecified atom stereocenters. The van der Waals surface area contributed by atoms with Gasteiger partial charge in [0.1, 0.15) is 11.2 Å². The summed E-state index contributed by atoms with van der Waals surface area (Å²) in [5, 5.41) is 0.296. The smallest absolute Gasteiger partial charge is 0.143 e. The summed E-state index contributed by atoms with van der Waals surface area (Å²) < 4.78 is 72.6. The van der Waals surface area contributed by atoms with Crippen molar-refractivity contribution in [3.8, 4) is 11.1 Å². The van der Waals surface area contributed by atoms with Gasteiger partial charge in [0.05, 0.1) is 16.0 Å². The van der Waals surface area contributed by atoms with Crippen molar-refractivity contribution in [1.29, 1.82) is 0 Å². The minimum Gasteiger partial charge on any atom is -0.455 e. The maximum Gasteiger partial charge on any atom is 0.143 e. The van der Waals surface area contributed by atoms with Crippen LogP contribution in [0.3, 0.4) is 0 Å². The van der Waals surface area contributed by atoms with Crippen molar-refractivity contribution in [2.75, 3.05) is 0 Å². The average Bonchev–Trinajstić information content (AvgIpc) is 3.20. The van der Waals surface area contributed by atoms with Crippen LogP contribution in [-0.4, -0.2) is 0 Å². The van der Waals surface area contributed by atoms with Gasteiger partial charge in [-0.3, -0.25) is 0 Å². The monoisotopic (exact) mass is 336 g/mol. The molecule has 114 valence electrons. The van der Waals surface area contributed by atoms with Gasteiger partial charge >= 0.3 is 0 Å². The van der Waals surface area contributed by atoms with Gasteiger partial charge in [-0.25, -0.2) is 0 Å². The van der Waals surface area contributed by atoms with E-state index in [1.807, 2.05) is 0 Å². The largest absolute Gasteiger partial charge is 0.455 e. The van der Waals surface area contributed by atoms with Crippen molar-refractivity contribution in [2.24, 2.45) is 0 Å². The zero-order chi connectivity index (χ0) is 23.1. The zero-order valence-corrected chi connectivity index (χ0v) is 12.9. The fraction of sp³-hybridized carbons (Fsp3) is 0. The molecule has 0 bridgehead atoms. The van der Waals surface area contributed by atoms with Crippen LogP contribution in [0.15, 0.2) is 83.1 Å². The molecule has 0 aliphatic rings. The lowest BCUT2D eigenvalue weighted by Gasteiger charge is -2.08. The molecule has 0 amide bonds. The minimum absolute atomic E-state index is 0.0212. The fourth-order valence-corrected chi connectivity index (χ4v) is 3.14. The Kier molecular flexibility index (Phi) is 1.68. The van der Waals surface area contributed by atoms with Crippen molar-refractivity contribution in [3.05, 3.63) is 83.7 Å². The molecule has 0 fully saturated rings. The van der Waals surface area contributed by atoms with Crippen molar-refractivity contribution in [1.82, 2.24) is 0 Å². The first-order valence-electron chi connectivity index (χ1n) is 11.3. The number of benzene rings is 4. The SMILES string of the molecule is [2H]c1c([2H])c(Cl)c2c(oc3c4c([2H])c([2H])c([2H])c([2H])c4c(-c4ccccc4)c([2H])c32)c1[2H]. The second-order valence-electron chi connectivity index (χ2n) is 5.32. The first-order valence-corrected chi connectivity index (χ1v) is 7.64. The third kappa shape index (κ3) is 1.88. The Labute approximate surface area is 155 Å². The summed E-state index contributed by atoms with van der Waals surface area (Å²) in [6.45, 7) is 0. The molecule has 2 heteroatoms. The van der Waals surface area contributed by atoms with Gasteiger partial charge < -0.3 is 4.42 Å². The maximum atomic E-state index is 9.00. The molecule has 0 atom stereocenters. The summed E-state index contributed by atoms with van der Waals surface area (Å²) in [4.78, 5) is 0. The molecule has 5 aromatic rings. The van der Waals surface area contributed by atoms with Gasteiger partial charge in [-0.05, 0) is 34.6 Å². The lowest BCUT2D eigenvalue weighted by molar-refractivity contribution is 0.672. The molecule has 0 aliphatic carbocycles. The van der Waals surface area contributed by atoms with E-state index in [2.05, 4.69) is 0 Å². The molecule has 5 rings (SSSR count). The van der Waals surface area contributed by atoms with E-state index in [-0.39, 0.29) is 73.5 Å². The molecule has 1 aromatic heterocycles. The molecule has 0 N–H and O–H groups in total. The van der Waals surface area contributed by atoms with Gasteiger partial charge in [0.2, 0.25) is 0 Å². The Balaban J connectivity index is 2.20. The van der Waals surface area contributed by atoms with Gasteiger partial charge in [-0.2, -0.15) is 0 Å². The summed E-state index contributed by atoms with van der Waals surface area (Å²) in [6.07, 6.45) is 0. The second-order valence-corrected chi connectivity index (χ2v) is 5.69. The van der Waals surface area contributed by atoms with Crippen LogP contribution in [0.25, 0.3) is 43.8 Å². The zero-order valence-electron chi connectivity index (χ0n) is 20.2. The maximum absolute atomic E-state index is 9.00. The predicted molar refractivity (Wildman–Crippen MR) is 102 cm³/mol. The Hall–Kier alpha value is -2.77. The average molecular weight is 337 g/mol. The highest BCUT2D eigenvalue weighted by Crippen LogP contribution is 2.41. The van der Waals surface area contributed by atoms with Crippen LogP contribution in [0.5, 0.6) is 0 Å². The Morgan fingerprint density at radius 1 is 0.833 bits per heavy atom. The standard InChI is InChI=1S/C22H13ClO/c23-19-11-6-12-20-21(19)18-13-17(14-7-2-1-3-8-14)15-9-4-5-10-16(15)22(18)24-20/h1-13H/i4D,5D,6D,9D,10D,11D,12D,13D. The Bertz CT molecular complexity index is 1610. The summed E-state index contributed by atoms with van der Waals surface area (Å²) in [6, 6.07) is 5.96. The van der Waals surface area contributed by atoms with Gasteiger partial charge in [0.25, 0.3) is 0 Å². The molecule has 0 spiro atoms. The highest BCUT2D eigenvalue weighted by molar-refractivity contribution is 6.38. The molecule has 0 radical (unpaired) electrons. The molecule has 4 aromatic carbocycles. The van der Waals surface area contributed by atoms with Crippen molar-refractivity contribution in [2.45, 2.75) is 0 Å². The summed E-state index contributed by atoms with van der Waals surface area (Å²) in [5.41, 5.74) is 0.714. The second kappa shape index (κ2) is 5.12. The Morgan fingerprint density at radius 3 is 2.46 bits per heavy atom. The highest BCUT2D eigenvalue weighted by Gasteiger charge is 2.15. The van der Waals surface area contributed by atoms with Crippen LogP contribution in [-0.2, 0) is 0 Å². The lowest BCUT2D eigenvalue weighted by atomic mass is 9.95. The Morgan fingerprint density at radius 2 is 1.62 bits per heavy atom. The molecule has 24 heavy (non-hydrogen) atoms. The van der Waals surface area contributed by atoms with Gasteiger partial charge in [-0.1, -0.05) is 72.1 Å². The van der Waals surface area contributed by atoms with E-state index in [0.717, 1.165) is 0 Å². The van der Waals surface area contributed by atoms with Crippen LogP contribution in [0.2, 0.25) is 5.02 Å². The summed E-state index contributed by atoms with van der Waals surface area (Å²) in [5.74, 6) is 0. The molecule has 0 aliphatic heterocycles. The van der Waals surface area contributed by atoms with E-state index >= 15 is 0 Å². The van der Waals surface area contributed by atoms with Crippen LogP contribution in [0.1, 0.15) is 11.0 Å². The van der Waals surface area contributed by atoms with Gasteiger partial charge in [0.15, 0.2) is 0 Å². The topological polar surface area (TPSA) is 13.1 Å². The minimum atomic E-state index is -0.458. The van der Waals surface area contributed by atoms with E-state index < -0.39 is 18.1 Å². The van der Waals surface area contributed by atoms with E-state index in [1.165, 1.54) is 0 Å². The van der Waals surface area contributed by atoms with Crippen molar-refractivity contribution >= 4 is 44.3 Å². The quantitative estimate of drug-likeness (QED) is 0.319. The van der Waals surface area contributed by atoms with Crippen LogP contribution in [0, 0.1) is 0 Å². The number of hydrogen-bond acceptors (Lipinski definition) is 1. The van der Waals surface area contributed by atoms with E-state index in [9.17, 15) is 0 Å². The van der Waals surface area contributed by atoms with E-state index in [0.29, 0.717) is 5.56 Å². The first kappa shape index (κ1) is 7.87. The lowest BCUT2D eigenvalue weighted by Crippen LogP contribution is -1.82. The van der Waals surface area contributed by atoms with E-state index in [4.69, 9.17) is 27.0 Å². The molecular formula is C22H13ClO.